The topological polar surface area (TPSA) is 57.7 Å². The number of amides is 1. The van der Waals surface area contributed by atoms with Gasteiger partial charge >= 0.3 is 0 Å². The van der Waals surface area contributed by atoms with Gasteiger partial charge in [-0.1, -0.05) is 35.9 Å². The van der Waals surface area contributed by atoms with Crippen LogP contribution in [-0.4, -0.2) is 39.9 Å². The molecular weight excluding hydrogens is 348 g/mol. The number of benzene rings is 2. The maximum Gasteiger partial charge on any atom is 0.264 e. The molecule has 0 radical (unpaired) electrons. The lowest BCUT2D eigenvalue weighted by molar-refractivity contribution is -0.127. The highest BCUT2D eigenvalue weighted by Crippen LogP contribution is 2.29. The van der Waals surface area contributed by atoms with Gasteiger partial charge in [0.1, 0.15) is 6.54 Å². The Hall–Kier alpha value is -2.05. The molecule has 128 valence electrons. The molecule has 0 aliphatic heterocycles. The first-order valence-electron chi connectivity index (χ1n) is 7.27. The van der Waals surface area contributed by atoms with Crippen LogP contribution in [0, 0.1) is 6.92 Å². The molecule has 1 amide bonds. The fourth-order valence-electron chi connectivity index (χ4n) is 2.13. The maximum atomic E-state index is 13.1. The summed E-state index contributed by atoms with van der Waals surface area (Å²) in [5, 5.41) is 0.404. The highest BCUT2D eigenvalue weighted by Gasteiger charge is 2.28. The zero-order valence-electron chi connectivity index (χ0n) is 13.7. The summed E-state index contributed by atoms with van der Waals surface area (Å²) in [4.78, 5) is 13.7. The van der Waals surface area contributed by atoms with Crippen molar-refractivity contribution >= 4 is 33.2 Å². The predicted molar refractivity (Wildman–Crippen MR) is 95.9 cm³/mol. The molecular formula is C17H19ClN2O3S. The average Bonchev–Trinajstić information content (AvgIpc) is 2.55. The van der Waals surface area contributed by atoms with Crippen LogP contribution >= 0.6 is 11.6 Å². The molecule has 2 aromatic carbocycles. The molecule has 0 aromatic heterocycles. The average molecular weight is 367 g/mol. The summed E-state index contributed by atoms with van der Waals surface area (Å²) >= 11 is 6.04. The fourth-order valence-corrected chi connectivity index (χ4v) is 3.79. The molecule has 2 rings (SSSR count). The Kier molecular flexibility index (Phi) is 5.51. The number of sulfonamides is 1. The lowest BCUT2D eigenvalue weighted by atomic mass is 10.2. The second-order valence-corrected chi connectivity index (χ2v) is 7.84. The zero-order chi connectivity index (χ0) is 17.9. The molecule has 0 aliphatic carbocycles. The summed E-state index contributed by atoms with van der Waals surface area (Å²) in [6, 6.07) is 13.0. The fraction of sp³-hybridized carbons (Fsp3) is 0.235. The van der Waals surface area contributed by atoms with Crippen LogP contribution in [0.1, 0.15) is 5.56 Å². The van der Waals surface area contributed by atoms with Gasteiger partial charge in [-0.25, -0.2) is 8.42 Å². The van der Waals surface area contributed by atoms with Crippen molar-refractivity contribution in [3.05, 3.63) is 59.1 Å². The number of carbonyl (C=O) groups excluding carboxylic acids is 1. The zero-order valence-corrected chi connectivity index (χ0v) is 15.3. The number of hydrogen-bond acceptors (Lipinski definition) is 3. The van der Waals surface area contributed by atoms with Crippen molar-refractivity contribution in [3.8, 4) is 0 Å². The number of rotatable bonds is 5. The molecule has 2 aromatic rings. The smallest absolute Gasteiger partial charge is 0.264 e. The Morgan fingerprint density at radius 2 is 1.71 bits per heavy atom. The summed E-state index contributed by atoms with van der Waals surface area (Å²) in [5.41, 5.74) is 1.10. The minimum absolute atomic E-state index is 0.121. The second-order valence-electron chi connectivity index (χ2n) is 5.54. The van der Waals surface area contributed by atoms with E-state index >= 15 is 0 Å². The van der Waals surface area contributed by atoms with Gasteiger partial charge in [0.25, 0.3) is 10.0 Å². The van der Waals surface area contributed by atoms with Gasteiger partial charge < -0.3 is 4.90 Å². The van der Waals surface area contributed by atoms with Crippen molar-refractivity contribution in [2.45, 2.75) is 11.8 Å². The van der Waals surface area contributed by atoms with Crippen LogP contribution in [-0.2, 0) is 14.8 Å². The van der Waals surface area contributed by atoms with E-state index in [9.17, 15) is 13.2 Å². The number of likely N-dealkylation sites (N-methyl/N-ethyl adjacent to an activating group) is 1. The molecule has 0 spiro atoms. The first kappa shape index (κ1) is 18.3. The second kappa shape index (κ2) is 7.23. The van der Waals surface area contributed by atoms with Crippen molar-refractivity contribution in [1.82, 2.24) is 4.90 Å². The summed E-state index contributed by atoms with van der Waals surface area (Å²) in [6.07, 6.45) is 0. The summed E-state index contributed by atoms with van der Waals surface area (Å²) in [6.45, 7) is 1.48. The van der Waals surface area contributed by atoms with E-state index in [4.69, 9.17) is 11.6 Å². The van der Waals surface area contributed by atoms with E-state index in [1.165, 1.54) is 17.0 Å². The molecule has 0 saturated carbocycles. The third-order valence-electron chi connectivity index (χ3n) is 3.55. The molecule has 7 heteroatoms. The number of anilines is 1. The monoisotopic (exact) mass is 366 g/mol. The summed E-state index contributed by atoms with van der Waals surface area (Å²) < 4.78 is 27.2. The van der Waals surface area contributed by atoms with Gasteiger partial charge in [-0.2, -0.15) is 0 Å². The first-order valence-corrected chi connectivity index (χ1v) is 9.09. The molecule has 0 atom stereocenters. The van der Waals surface area contributed by atoms with E-state index in [1.807, 2.05) is 0 Å². The van der Waals surface area contributed by atoms with Crippen molar-refractivity contribution in [2.24, 2.45) is 0 Å². The van der Waals surface area contributed by atoms with Gasteiger partial charge in [-0.3, -0.25) is 9.10 Å². The van der Waals surface area contributed by atoms with E-state index in [0.717, 1.165) is 4.31 Å². The van der Waals surface area contributed by atoms with Gasteiger partial charge in [-0.05, 0) is 36.8 Å². The summed E-state index contributed by atoms with van der Waals surface area (Å²) in [7, 11) is -0.727. The minimum atomic E-state index is -3.89. The Bertz CT molecular complexity index is 836. The van der Waals surface area contributed by atoms with E-state index in [2.05, 4.69) is 0 Å². The van der Waals surface area contributed by atoms with Crippen LogP contribution in [0.2, 0.25) is 5.02 Å². The van der Waals surface area contributed by atoms with Crippen molar-refractivity contribution in [1.29, 1.82) is 0 Å². The quantitative estimate of drug-likeness (QED) is 0.817. The highest BCUT2D eigenvalue weighted by molar-refractivity contribution is 7.92. The van der Waals surface area contributed by atoms with Crippen molar-refractivity contribution in [2.75, 3.05) is 24.9 Å². The molecule has 0 heterocycles. The Labute approximate surface area is 147 Å². The van der Waals surface area contributed by atoms with Crippen LogP contribution < -0.4 is 4.31 Å². The molecule has 0 saturated heterocycles. The molecule has 0 N–H and O–H groups in total. The van der Waals surface area contributed by atoms with Gasteiger partial charge in [0.15, 0.2) is 0 Å². The van der Waals surface area contributed by atoms with E-state index in [0.29, 0.717) is 16.3 Å². The Morgan fingerprint density at radius 1 is 1.08 bits per heavy atom. The minimum Gasteiger partial charge on any atom is -0.347 e. The van der Waals surface area contributed by atoms with Crippen LogP contribution in [0.4, 0.5) is 5.69 Å². The third-order valence-corrected chi connectivity index (χ3v) is 5.56. The summed E-state index contributed by atoms with van der Waals surface area (Å²) in [5.74, 6) is -0.325. The number of hydrogen-bond donors (Lipinski definition) is 0. The van der Waals surface area contributed by atoms with E-state index in [-0.39, 0.29) is 17.3 Å². The van der Waals surface area contributed by atoms with Gasteiger partial charge in [0, 0.05) is 19.1 Å². The predicted octanol–water partition coefficient (Wildman–Crippen LogP) is 2.93. The van der Waals surface area contributed by atoms with Gasteiger partial charge in [0.05, 0.1) is 10.6 Å². The molecule has 0 aliphatic rings. The van der Waals surface area contributed by atoms with Crippen LogP contribution in [0.15, 0.2) is 53.4 Å². The maximum absolute atomic E-state index is 13.1. The standard InChI is InChI=1S/C17H19ClN2O3S/c1-13-9-10-14(18)11-16(13)20(12-17(21)19(2)3)24(22,23)15-7-5-4-6-8-15/h4-11H,12H2,1-3H3. The molecule has 0 fully saturated rings. The van der Waals surface area contributed by atoms with Crippen molar-refractivity contribution < 1.29 is 13.2 Å². The molecule has 0 unspecified atom stereocenters. The van der Waals surface area contributed by atoms with E-state index in [1.54, 1.807) is 57.4 Å². The van der Waals surface area contributed by atoms with Crippen LogP contribution in [0.3, 0.4) is 0 Å². The van der Waals surface area contributed by atoms with Crippen LogP contribution in [0.5, 0.6) is 0 Å². The SMILES string of the molecule is Cc1ccc(Cl)cc1N(CC(=O)N(C)C)S(=O)(=O)c1ccccc1. The highest BCUT2D eigenvalue weighted by atomic mass is 35.5. The Morgan fingerprint density at radius 3 is 2.29 bits per heavy atom. The number of halogens is 1. The van der Waals surface area contributed by atoms with Crippen molar-refractivity contribution in [3.63, 3.8) is 0 Å². The number of carbonyl (C=O) groups is 1. The molecule has 5 nitrogen and oxygen atoms in total. The molecule has 0 bridgehead atoms. The lowest BCUT2D eigenvalue weighted by Gasteiger charge is -2.27. The first-order chi connectivity index (χ1) is 11.2. The van der Waals surface area contributed by atoms with Gasteiger partial charge in [-0.15, -0.1) is 0 Å². The Balaban J connectivity index is 2.59. The number of nitrogens with zero attached hydrogens (tertiary/aromatic N) is 2. The number of aryl methyl sites for hydroxylation is 1. The largest absolute Gasteiger partial charge is 0.347 e. The van der Waals surface area contributed by atoms with Crippen LogP contribution in [0.25, 0.3) is 0 Å². The molecule has 24 heavy (non-hydrogen) atoms. The third kappa shape index (κ3) is 3.88. The van der Waals surface area contributed by atoms with Gasteiger partial charge in [0.2, 0.25) is 5.91 Å². The normalized spacial score (nSPS) is 11.2. The lowest BCUT2D eigenvalue weighted by Crippen LogP contribution is -2.40. The van der Waals surface area contributed by atoms with E-state index < -0.39 is 10.0 Å².